The molecular weight excluding hydrogens is 262 g/mol. The predicted molar refractivity (Wildman–Crippen MR) is 77.5 cm³/mol. The van der Waals surface area contributed by atoms with Gasteiger partial charge in [-0.05, 0) is 37.0 Å². The standard InChI is InChI=1S/C15H22ClNO2/c1-12-8-13(2-3-14(12)16)9-17-10-15(11-18)4-6-19-7-5-15/h2-3,8,17-18H,4-7,9-11H2,1H3. The lowest BCUT2D eigenvalue weighted by Crippen LogP contribution is -2.41. The van der Waals surface area contributed by atoms with E-state index in [0.29, 0.717) is 0 Å². The largest absolute Gasteiger partial charge is 0.396 e. The van der Waals surface area contributed by atoms with Crippen LogP contribution in [-0.2, 0) is 11.3 Å². The van der Waals surface area contributed by atoms with E-state index < -0.39 is 0 Å². The van der Waals surface area contributed by atoms with Crippen LogP contribution in [-0.4, -0.2) is 31.5 Å². The molecule has 1 fully saturated rings. The fraction of sp³-hybridized carbons (Fsp3) is 0.600. The maximum absolute atomic E-state index is 9.61. The summed E-state index contributed by atoms with van der Waals surface area (Å²) in [6.07, 6.45) is 1.85. The number of halogens is 1. The Morgan fingerprint density at radius 1 is 1.37 bits per heavy atom. The molecule has 3 nitrogen and oxygen atoms in total. The van der Waals surface area contributed by atoms with E-state index in [-0.39, 0.29) is 12.0 Å². The first-order valence-corrected chi connectivity index (χ1v) is 7.17. The molecule has 1 saturated heterocycles. The second kappa shape index (κ2) is 6.71. The van der Waals surface area contributed by atoms with Gasteiger partial charge >= 0.3 is 0 Å². The Hall–Kier alpha value is -0.610. The average Bonchev–Trinajstić information content (AvgIpc) is 2.44. The molecule has 0 saturated carbocycles. The zero-order valence-corrected chi connectivity index (χ0v) is 12.2. The van der Waals surface area contributed by atoms with Gasteiger partial charge in [0.1, 0.15) is 0 Å². The Labute approximate surface area is 119 Å². The first-order chi connectivity index (χ1) is 9.15. The van der Waals surface area contributed by atoms with Gasteiger partial charge in [0.25, 0.3) is 0 Å². The lowest BCUT2D eigenvalue weighted by atomic mass is 9.81. The van der Waals surface area contributed by atoms with Gasteiger partial charge in [0.2, 0.25) is 0 Å². The van der Waals surface area contributed by atoms with E-state index in [2.05, 4.69) is 11.4 Å². The maximum Gasteiger partial charge on any atom is 0.0501 e. The number of nitrogens with one attached hydrogen (secondary N) is 1. The molecule has 1 aromatic carbocycles. The highest BCUT2D eigenvalue weighted by molar-refractivity contribution is 6.31. The summed E-state index contributed by atoms with van der Waals surface area (Å²) < 4.78 is 5.37. The van der Waals surface area contributed by atoms with Gasteiger partial charge in [-0.15, -0.1) is 0 Å². The summed E-state index contributed by atoms with van der Waals surface area (Å²) in [6, 6.07) is 6.08. The molecule has 0 radical (unpaired) electrons. The van der Waals surface area contributed by atoms with Crippen LogP contribution >= 0.6 is 11.6 Å². The monoisotopic (exact) mass is 283 g/mol. The van der Waals surface area contributed by atoms with Gasteiger partial charge in [-0.25, -0.2) is 0 Å². The lowest BCUT2D eigenvalue weighted by Gasteiger charge is -2.35. The molecule has 2 N–H and O–H groups in total. The summed E-state index contributed by atoms with van der Waals surface area (Å²) in [5.41, 5.74) is 2.31. The summed E-state index contributed by atoms with van der Waals surface area (Å²) in [5.74, 6) is 0. The van der Waals surface area contributed by atoms with Crippen LogP contribution in [0, 0.1) is 12.3 Å². The van der Waals surface area contributed by atoms with Crippen molar-refractivity contribution in [2.45, 2.75) is 26.3 Å². The lowest BCUT2D eigenvalue weighted by molar-refractivity contribution is -0.0154. The number of hydrogen-bond acceptors (Lipinski definition) is 3. The van der Waals surface area contributed by atoms with E-state index in [4.69, 9.17) is 16.3 Å². The predicted octanol–water partition coefficient (Wildman–Crippen LogP) is 2.53. The van der Waals surface area contributed by atoms with E-state index in [1.165, 1.54) is 5.56 Å². The van der Waals surface area contributed by atoms with Crippen molar-refractivity contribution in [3.63, 3.8) is 0 Å². The van der Waals surface area contributed by atoms with Crippen molar-refractivity contribution in [1.29, 1.82) is 0 Å². The van der Waals surface area contributed by atoms with Crippen molar-refractivity contribution < 1.29 is 9.84 Å². The first-order valence-electron chi connectivity index (χ1n) is 6.80. The zero-order valence-electron chi connectivity index (χ0n) is 11.4. The number of aryl methyl sites for hydroxylation is 1. The van der Waals surface area contributed by atoms with Crippen LogP contribution in [0.2, 0.25) is 5.02 Å². The topological polar surface area (TPSA) is 41.5 Å². The highest BCUT2D eigenvalue weighted by Crippen LogP contribution is 2.29. The molecule has 1 aliphatic heterocycles. The second-order valence-corrected chi connectivity index (χ2v) is 5.86. The van der Waals surface area contributed by atoms with Gasteiger partial charge < -0.3 is 15.2 Å². The summed E-state index contributed by atoms with van der Waals surface area (Å²) in [6.45, 7) is 5.38. The number of hydrogen-bond donors (Lipinski definition) is 2. The summed E-state index contributed by atoms with van der Waals surface area (Å²) in [5, 5.41) is 13.9. The van der Waals surface area contributed by atoms with Crippen molar-refractivity contribution in [2.24, 2.45) is 5.41 Å². The van der Waals surface area contributed by atoms with Gasteiger partial charge in [0.05, 0.1) is 6.61 Å². The summed E-state index contributed by atoms with van der Waals surface area (Å²) >= 11 is 6.01. The SMILES string of the molecule is Cc1cc(CNCC2(CO)CCOCC2)ccc1Cl. The fourth-order valence-corrected chi connectivity index (χ4v) is 2.60. The molecule has 0 unspecified atom stereocenters. The number of benzene rings is 1. The van der Waals surface area contributed by atoms with Gasteiger partial charge in [-0.1, -0.05) is 23.7 Å². The molecule has 0 atom stereocenters. The Kier molecular flexibility index (Phi) is 5.22. The van der Waals surface area contributed by atoms with Crippen molar-refractivity contribution >= 4 is 11.6 Å². The van der Waals surface area contributed by atoms with E-state index >= 15 is 0 Å². The molecule has 1 aromatic rings. The van der Waals surface area contributed by atoms with Crippen molar-refractivity contribution in [2.75, 3.05) is 26.4 Å². The minimum Gasteiger partial charge on any atom is -0.396 e. The van der Waals surface area contributed by atoms with Crippen LogP contribution in [0.25, 0.3) is 0 Å². The van der Waals surface area contributed by atoms with Crippen LogP contribution < -0.4 is 5.32 Å². The van der Waals surface area contributed by atoms with Crippen LogP contribution in [0.1, 0.15) is 24.0 Å². The molecule has 0 aliphatic carbocycles. The van der Waals surface area contributed by atoms with Gasteiger partial charge in [-0.2, -0.15) is 0 Å². The van der Waals surface area contributed by atoms with Gasteiger partial charge in [0, 0.05) is 36.7 Å². The molecule has 4 heteroatoms. The highest BCUT2D eigenvalue weighted by atomic mass is 35.5. The minimum atomic E-state index is -0.0142. The molecule has 0 bridgehead atoms. The zero-order chi connectivity index (χ0) is 13.7. The van der Waals surface area contributed by atoms with E-state index in [0.717, 1.165) is 49.7 Å². The summed E-state index contributed by atoms with van der Waals surface area (Å²) in [7, 11) is 0. The molecular formula is C15H22ClNO2. The summed E-state index contributed by atoms with van der Waals surface area (Å²) in [4.78, 5) is 0. The molecule has 106 valence electrons. The van der Waals surface area contributed by atoms with Crippen LogP contribution in [0.15, 0.2) is 18.2 Å². The molecule has 0 amide bonds. The number of ether oxygens (including phenoxy) is 1. The number of rotatable bonds is 5. The average molecular weight is 284 g/mol. The van der Waals surface area contributed by atoms with Gasteiger partial charge in [0.15, 0.2) is 0 Å². The Morgan fingerprint density at radius 3 is 2.74 bits per heavy atom. The van der Waals surface area contributed by atoms with E-state index in [1.807, 2.05) is 19.1 Å². The fourth-order valence-electron chi connectivity index (χ4n) is 2.48. The molecule has 0 aromatic heterocycles. The molecule has 1 heterocycles. The quantitative estimate of drug-likeness (QED) is 0.873. The molecule has 0 spiro atoms. The Balaban J connectivity index is 1.86. The van der Waals surface area contributed by atoms with Crippen LogP contribution in [0.4, 0.5) is 0 Å². The Bertz CT molecular complexity index is 417. The molecule has 2 rings (SSSR count). The third-order valence-electron chi connectivity index (χ3n) is 3.94. The Morgan fingerprint density at radius 2 is 2.11 bits per heavy atom. The minimum absolute atomic E-state index is 0.0142. The first kappa shape index (κ1) is 14.8. The van der Waals surface area contributed by atoms with Crippen LogP contribution in [0.5, 0.6) is 0 Å². The third kappa shape index (κ3) is 3.93. The van der Waals surface area contributed by atoms with Crippen molar-refractivity contribution in [1.82, 2.24) is 5.32 Å². The van der Waals surface area contributed by atoms with Gasteiger partial charge in [-0.3, -0.25) is 0 Å². The number of aliphatic hydroxyl groups excluding tert-OH is 1. The molecule has 19 heavy (non-hydrogen) atoms. The number of aliphatic hydroxyl groups is 1. The normalized spacial score (nSPS) is 18.5. The van der Waals surface area contributed by atoms with Crippen LogP contribution in [0.3, 0.4) is 0 Å². The second-order valence-electron chi connectivity index (χ2n) is 5.46. The third-order valence-corrected chi connectivity index (χ3v) is 4.36. The molecule has 1 aliphatic rings. The smallest absolute Gasteiger partial charge is 0.0501 e. The van der Waals surface area contributed by atoms with Crippen molar-refractivity contribution in [3.8, 4) is 0 Å². The van der Waals surface area contributed by atoms with E-state index in [1.54, 1.807) is 0 Å². The maximum atomic E-state index is 9.61. The van der Waals surface area contributed by atoms with Crippen molar-refractivity contribution in [3.05, 3.63) is 34.3 Å². The van der Waals surface area contributed by atoms with E-state index in [9.17, 15) is 5.11 Å². The highest BCUT2D eigenvalue weighted by Gasteiger charge is 2.31.